The highest BCUT2D eigenvalue weighted by atomic mass is 16.5. The number of rotatable bonds is 4. The predicted molar refractivity (Wildman–Crippen MR) is 74.1 cm³/mol. The first-order valence-corrected chi connectivity index (χ1v) is 5.78. The van der Waals surface area contributed by atoms with E-state index in [9.17, 15) is 9.59 Å². The number of fused-ring (bicyclic) bond motifs is 1. The molecule has 104 valence electrons. The van der Waals surface area contributed by atoms with Crippen LogP contribution in [0, 0.1) is 0 Å². The minimum absolute atomic E-state index is 0.157. The lowest BCUT2D eigenvalue weighted by Gasteiger charge is -2.15. The average Bonchev–Trinajstić information content (AvgIpc) is 2.43. The largest absolute Gasteiger partial charge is 0.493 e. The second-order valence-corrected chi connectivity index (χ2v) is 4.12. The number of benzene rings is 2. The minimum Gasteiger partial charge on any atom is -0.493 e. The second kappa shape index (κ2) is 5.08. The molecule has 6 nitrogen and oxygen atoms in total. The Morgan fingerprint density at radius 3 is 2.20 bits per heavy atom. The first-order valence-electron chi connectivity index (χ1n) is 5.78. The van der Waals surface area contributed by atoms with Gasteiger partial charge in [-0.1, -0.05) is 12.1 Å². The first kappa shape index (κ1) is 13.7. The van der Waals surface area contributed by atoms with Crippen molar-refractivity contribution < 1.29 is 19.1 Å². The van der Waals surface area contributed by atoms with Crippen LogP contribution in [0.25, 0.3) is 10.8 Å². The van der Waals surface area contributed by atoms with E-state index in [4.69, 9.17) is 20.9 Å². The summed E-state index contributed by atoms with van der Waals surface area (Å²) in [5, 5.41) is 0.984. The van der Waals surface area contributed by atoms with Crippen molar-refractivity contribution in [1.82, 2.24) is 0 Å². The summed E-state index contributed by atoms with van der Waals surface area (Å²) in [6.07, 6.45) is 0. The molecular weight excluding hydrogens is 260 g/mol. The van der Waals surface area contributed by atoms with Crippen molar-refractivity contribution in [2.45, 2.75) is 0 Å². The molecule has 0 aliphatic rings. The fraction of sp³-hybridized carbons (Fsp3) is 0.143. The molecule has 0 spiro atoms. The highest BCUT2D eigenvalue weighted by Gasteiger charge is 2.21. The van der Waals surface area contributed by atoms with Crippen molar-refractivity contribution >= 4 is 22.6 Å². The summed E-state index contributed by atoms with van der Waals surface area (Å²) in [6, 6.07) is 6.46. The van der Waals surface area contributed by atoms with Gasteiger partial charge in [-0.05, 0) is 22.9 Å². The third-order valence-electron chi connectivity index (χ3n) is 3.04. The maximum absolute atomic E-state index is 11.7. The predicted octanol–water partition coefficient (Wildman–Crippen LogP) is 1.05. The number of hydrogen-bond donors (Lipinski definition) is 2. The minimum atomic E-state index is -0.674. The maximum atomic E-state index is 11.7. The lowest BCUT2D eigenvalue weighted by molar-refractivity contribution is 0.0990. The Balaban J connectivity index is 3.00. The molecule has 0 aromatic heterocycles. The fourth-order valence-electron chi connectivity index (χ4n) is 2.19. The summed E-state index contributed by atoms with van der Waals surface area (Å²) < 4.78 is 10.4. The van der Waals surface area contributed by atoms with Crippen LogP contribution in [-0.4, -0.2) is 26.0 Å². The highest BCUT2D eigenvalue weighted by molar-refractivity contribution is 6.15. The summed E-state index contributed by atoms with van der Waals surface area (Å²) in [5.74, 6) is -0.734. The monoisotopic (exact) mass is 274 g/mol. The molecule has 0 saturated heterocycles. The molecule has 2 rings (SSSR count). The topological polar surface area (TPSA) is 105 Å². The van der Waals surface area contributed by atoms with Gasteiger partial charge < -0.3 is 20.9 Å². The third kappa shape index (κ3) is 2.01. The van der Waals surface area contributed by atoms with Gasteiger partial charge in [-0.2, -0.15) is 0 Å². The van der Waals surface area contributed by atoms with Gasteiger partial charge in [0.05, 0.1) is 19.8 Å². The number of amides is 2. The van der Waals surface area contributed by atoms with Crippen LogP contribution in [0.4, 0.5) is 0 Å². The van der Waals surface area contributed by atoms with E-state index in [0.29, 0.717) is 16.5 Å². The summed E-state index contributed by atoms with van der Waals surface area (Å²) in [4.78, 5) is 23.2. The molecule has 0 aliphatic heterocycles. The van der Waals surface area contributed by atoms with Crippen LogP contribution in [0.1, 0.15) is 20.7 Å². The highest BCUT2D eigenvalue weighted by Crippen LogP contribution is 2.38. The summed E-state index contributed by atoms with van der Waals surface area (Å²) in [6.45, 7) is 0. The van der Waals surface area contributed by atoms with Crippen molar-refractivity contribution in [2.75, 3.05) is 14.2 Å². The van der Waals surface area contributed by atoms with Gasteiger partial charge in [0.2, 0.25) is 5.91 Å². The smallest absolute Gasteiger partial charge is 0.253 e. The summed E-state index contributed by atoms with van der Waals surface area (Å²) >= 11 is 0. The second-order valence-electron chi connectivity index (χ2n) is 4.12. The lowest BCUT2D eigenvalue weighted by Crippen LogP contribution is -2.16. The van der Waals surface area contributed by atoms with Crippen molar-refractivity contribution in [3.8, 4) is 11.5 Å². The van der Waals surface area contributed by atoms with Gasteiger partial charge in [0.1, 0.15) is 0 Å². The zero-order chi connectivity index (χ0) is 14.9. The normalized spacial score (nSPS) is 10.3. The summed E-state index contributed by atoms with van der Waals surface area (Å²) in [5.41, 5.74) is 11.2. The molecule has 2 amide bonds. The Morgan fingerprint density at radius 1 is 1.00 bits per heavy atom. The van der Waals surface area contributed by atoms with Gasteiger partial charge in [0.15, 0.2) is 11.5 Å². The first-order chi connectivity index (χ1) is 9.51. The number of primary amides is 2. The molecule has 2 aromatic rings. The molecule has 0 aliphatic carbocycles. The number of methoxy groups -OCH3 is 2. The van der Waals surface area contributed by atoms with E-state index < -0.39 is 11.8 Å². The lowest BCUT2D eigenvalue weighted by atomic mass is 9.97. The zero-order valence-corrected chi connectivity index (χ0v) is 11.1. The Bertz CT molecular complexity index is 710. The van der Waals surface area contributed by atoms with E-state index in [-0.39, 0.29) is 16.9 Å². The van der Waals surface area contributed by atoms with Crippen LogP contribution in [-0.2, 0) is 0 Å². The molecule has 0 unspecified atom stereocenters. The van der Waals surface area contributed by atoms with Crippen molar-refractivity contribution in [3.63, 3.8) is 0 Å². The quantitative estimate of drug-likeness (QED) is 0.869. The van der Waals surface area contributed by atoms with Gasteiger partial charge in [-0.15, -0.1) is 0 Å². The van der Waals surface area contributed by atoms with Crippen LogP contribution in [0.5, 0.6) is 11.5 Å². The summed E-state index contributed by atoms with van der Waals surface area (Å²) in [7, 11) is 2.84. The van der Waals surface area contributed by atoms with E-state index in [2.05, 4.69) is 0 Å². The molecule has 0 saturated carbocycles. The van der Waals surface area contributed by atoms with E-state index in [0.717, 1.165) is 0 Å². The van der Waals surface area contributed by atoms with E-state index in [1.165, 1.54) is 14.2 Å². The number of hydrogen-bond acceptors (Lipinski definition) is 4. The molecule has 0 bridgehead atoms. The number of nitrogens with two attached hydrogens (primary N) is 2. The van der Waals surface area contributed by atoms with Gasteiger partial charge in [-0.25, -0.2) is 0 Å². The van der Waals surface area contributed by atoms with Crippen LogP contribution in [0.3, 0.4) is 0 Å². The molecule has 2 aromatic carbocycles. The molecule has 4 N–H and O–H groups in total. The third-order valence-corrected chi connectivity index (χ3v) is 3.04. The van der Waals surface area contributed by atoms with Crippen molar-refractivity contribution in [2.24, 2.45) is 11.5 Å². The fourth-order valence-corrected chi connectivity index (χ4v) is 2.19. The van der Waals surface area contributed by atoms with E-state index >= 15 is 0 Å². The molecule has 0 heterocycles. The molecule has 0 fully saturated rings. The van der Waals surface area contributed by atoms with Crippen LogP contribution in [0.2, 0.25) is 0 Å². The number of carbonyl (C=O) groups is 2. The maximum Gasteiger partial charge on any atom is 0.253 e. The van der Waals surface area contributed by atoms with Crippen LogP contribution >= 0.6 is 0 Å². The molecule has 0 radical (unpaired) electrons. The number of ether oxygens (including phenoxy) is 2. The van der Waals surface area contributed by atoms with Gasteiger partial charge >= 0.3 is 0 Å². The molecule has 6 heteroatoms. The van der Waals surface area contributed by atoms with Gasteiger partial charge in [0, 0.05) is 5.56 Å². The SMILES string of the molecule is COc1cc2c(C(N)=O)cccc2c(C(N)=O)c1OC. The van der Waals surface area contributed by atoms with Crippen LogP contribution < -0.4 is 20.9 Å². The van der Waals surface area contributed by atoms with E-state index in [1.54, 1.807) is 24.3 Å². The average molecular weight is 274 g/mol. The van der Waals surface area contributed by atoms with E-state index in [1.807, 2.05) is 0 Å². The Labute approximate surface area is 115 Å². The van der Waals surface area contributed by atoms with Gasteiger partial charge in [-0.3, -0.25) is 9.59 Å². The Hall–Kier alpha value is -2.76. The number of carbonyl (C=O) groups excluding carboxylic acids is 2. The van der Waals surface area contributed by atoms with Crippen molar-refractivity contribution in [3.05, 3.63) is 35.4 Å². The van der Waals surface area contributed by atoms with Crippen LogP contribution in [0.15, 0.2) is 24.3 Å². The molecule has 0 atom stereocenters. The zero-order valence-electron chi connectivity index (χ0n) is 11.1. The Morgan fingerprint density at radius 2 is 1.70 bits per heavy atom. The molecule has 20 heavy (non-hydrogen) atoms. The van der Waals surface area contributed by atoms with Gasteiger partial charge in [0.25, 0.3) is 5.91 Å². The Kier molecular flexibility index (Phi) is 3.47. The van der Waals surface area contributed by atoms with Crippen molar-refractivity contribution in [1.29, 1.82) is 0 Å². The standard InChI is InChI=1S/C14H14N2O4/c1-19-10-6-9-7(4-3-5-8(9)13(15)17)11(14(16)18)12(10)20-2/h3-6H,1-2H3,(H2,15,17)(H2,16,18). The molecular formula is C14H14N2O4.